The predicted molar refractivity (Wildman–Crippen MR) is 101 cm³/mol. The molecular formula is C22H24N2O2. The van der Waals surface area contributed by atoms with Gasteiger partial charge in [-0.2, -0.15) is 0 Å². The molecule has 0 atom stereocenters. The molecule has 0 fully saturated rings. The minimum atomic E-state index is -0.0712. The quantitative estimate of drug-likeness (QED) is 0.789. The third kappa shape index (κ3) is 3.70. The number of carbonyl (C=O) groups is 2. The minimum absolute atomic E-state index is 0.0541. The monoisotopic (exact) mass is 348 g/mol. The Morgan fingerprint density at radius 1 is 0.885 bits per heavy atom. The molecule has 0 unspecified atom stereocenters. The molecule has 2 aliphatic rings. The Hall–Kier alpha value is -2.46. The van der Waals surface area contributed by atoms with Gasteiger partial charge in [0, 0.05) is 38.0 Å². The summed E-state index contributed by atoms with van der Waals surface area (Å²) in [6, 6.07) is 12.3. The standard InChI is InChI=1S/C22H24N2O2/c25-21(18-7-6-16-2-1-3-17(16)11-18)8-9-22(26)24-12-15-4-5-19-13-23-14-20(19)10-15/h4-7,10-11,23H,1-3,8-9,12-14H2,(H,24,26). The second-order valence-electron chi connectivity index (χ2n) is 7.24. The van der Waals surface area contributed by atoms with Crippen LogP contribution in [-0.2, 0) is 37.3 Å². The molecule has 0 saturated heterocycles. The van der Waals surface area contributed by atoms with Crippen LogP contribution in [0.3, 0.4) is 0 Å². The molecule has 1 aliphatic carbocycles. The summed E-state index contributed by atoms with van der Waals surface area (Å²) < 4.78 is 0. The lowest BCUT2D eigenvalue weighted by molar-refractivity contribution is -0.121. The van der Waals surface area contributed by atoms with Crippen molar-refractivity contribution in [2.75, 3.05) is 0 Å². The van der Waals surface area contributed by atoms with E-state index in [1.807, 2.05) is 12.1 Å². The van der Waals surface area contributed by atoms with Crippen molar-refractivity contribution in [2.45, 2.75) is 51.7 Å². The van der Waals surface area contributed by atoms with Crippen molar-refractivity contribution >= 4 is 11.7 Å². The van der Waals surface area contributed by atoms with E-state index >= 15 is 0 Å². The van der Waals surface area contributed by atoms with Gasteiger partial charge in [0.25, 0.3) is 0 Å². The number of ketones is 1. The van der Waals surface area contributed by atoms with Crippen LogP contribution in [0.1, 0.15) is 57.4 Å². The second kappa shape index (κ2) is 7.42. The van der Waals surface area contributed by atoms with E-state index in [0.717, 1.165) is 37.1 Å². The lowest BCUT2D eigenvalue weighted by Crippen LogP contribution is -2.23. The predicted octanol–water partition coefficient (Wildman–Crippen LogP) is 3.06. The maximum Gasteiger partial charge on any atom is 0.220 e. The highest BCUT2D eigenvalue weighted by atomic mass is 16.2. The number of carbonyl (C=O) groups excluding carboxylic acids is 2. The summed E-state index contributed by atoms with van der Waals surface area (Å²) >= 11 is 0. The molecule has 2 aromatic carbocycles. The largest absolute Gasteiger partial charge is 0.352 e. The first-order valence-electron chi connectivity index (χ1n) is 9.42. The molecule has 134 valence electrons. The fraction of sp³-hybridized carbons (Fsp3) is 0.364. The van der Waals surface area contributed by atoms with Gasteiger partial charge >= 0.3 is 0 Å². The fourth-order valence-electron chi connectivity index (χ4n) is 3.86. The summed E-state index contributed by atoms with van der Waals surface area (Å²) in [6.45, 7) is 2.33. The van der Waals surface area contributed by atoms with Gasteiger partial charge < -0.3 is 10.6 Å². The number of Topliss-reactive ketones (excluding diaryl/α,β-unsaturated/α-hetero) is 1. The number of hydrogen-bond donors (Lipinski definition) is 2. The molecule has 0 spiro atoms. The van der Waals surface area contributed by atoms with Crippen molar-refractivity contribution in [1.29, 1.82) is 0 Å². The van der Waals surface area contributed by atoms with Crippen molar-refractivity contribution in [1.82, 2.24) is 10.6 Å². The number of benzene rings is 2. The maximum atomic E-state index is 12.4. The van der Waals surface area contributed by atoms with Crippen LogP contribution in [0.25, 0.3) is 0 Å². The van der Waals surface area contributed by atoms with Crippen LogP contribution in [-0.4, -0.2) is 11.7 Å². The van der Waals surface area contributed by atoms with Gasteiger partial charge in [0.2, 0.25) is 5.91 Å². The molecule has 2 N–H and O–H groups in total. The molecule has 2 aromatic rings. The molecule has 26 heavy (non-hydrogen) atoms. The molecular weight excluding hydrogens is 324 g/mol. The lowest BCUT2D eigenvalue weighted by atomic mass is 10.0. The summed E-state index contributed by atoms with van der Waals surface area (Å²) in [7, 11) is 0. The van der Waals surface area contributed by atoms with Gasteiger partial charge in [-0.15, -0.1) is 0 Å². The number of rotatable bonds is 6. The molecule has 0 radical (unpaired) electrons. The van der Waals surface area contributed by atoms with E-state index in [-0.39, 0.29) is 24.5 Å². The number of aryl methyl sites for hydroxylation is 2. The van der Waals surface area contributed by atoms with Gasteiger partial charge in [0.1, 0.15) is 0 Å². The number of amides is 1. The van der Waals surface area contributed by atoms with E-state index in [9.17, 15) is 9.59 Å². The third-order valence-electron chi connectivity index (χ3n) is 5.39. The molecule has 4 nitrogen and oxygen atoms in total. The average molecular weight is 348 g/mol. The van der Waals surface area contributed by atoms with Crippen molar-refractivity contribution in [3.8, 4) is 0 Å². The minimum Gasteiger partial charge on any atom is -0.352 e. The van der Waals surface area contributed by atoms with Gasteiger partial charge in [-0.05, 0) is 53.1 Å². The van der Waals surface area contributed by atoms with E-state index in [1.54, 1.807) is 0 Å². The third-order valence-corrected chi connectivity index (χ3v) is 5.39. The van der Waals surface area contributed by atoms with Gasteiger partial charge in [0.05, 0.1) is 0 Å². The number of hydrogen-bond acceptors (Lipinski definition) is 3. The van der Waals surface area contributed by atoms with Crippen LogP contribution in [0, 0.1) is 0 Å². The maximum absolute atomic E-state index is 12.4. The first kappa shape index (κ1) is 17.0. The first-order chi connectivity index (χ1) is 12.7. The van der Waals surface area contributed by atoms with Crippen LogP contribution in [0.2, 0.25) is 0 Å². The average Bonchev–Trinajstić information content (AvgIpc) is 3.32. The van der Waals surface area contributed by atoms with E-state index in [4.69, 9.17) is 0 Å². The molecule has 0 saturated carbocycles. The van der Waals surface area contributed by atoms with Gasteiger partial charge in [0.15, 0.2) is 5.78 Å². The summed E-state index contributed by atoms with van der Waals surface area (Å²) in [6.07, 6.45) is 3.85. The summed E-state index contributed by atoms with van der Waals surface area (Å²) in [5, 5.41) is 6.25. The Morgan fingerprint density at radius 3 is 2.62 bits per heavy atom. The smallest absolute Gasteiger partial charge is 0.220 e. The first-order valence-corrected chi connectivity index (χ1v) is 9.42. The molecule has 4 rings (SSSR count). The summed E-state index contributed by atoms with van der Waals surface area (Å²) in [4.78, 5) is 24.5. The van der Waals surface area contributed by atoms with Gasteiger partial charge in [-0.25, -0.2) is 0 Å². The normalized spacial score (nSPS) is 14.8. The Balaban J connectivity index is 1.26. The van der Waals surface area contributed by atoms with Crippen molar-refractivity contribution in [3.05, 3.63) is 69.8 Å². The molecule has 4 heteroatoms. The lowest BCUT2D eigenvalue weighted by Gasteiger charge is -2.08. The van der Waals surface area contributed by atoms with E-state index in [0.29, 0.717) is 6.54 Å². The van der Waals surface area contributed by atoms with Crippen LogP contribution >= 0.6 is 0 Å². The second-order valence-corrected chi connectivity index (χ2v) is 7.24. The molecule has 0 bridgehead atoms. The zero-order valence-corrected chi connectivity index (χ0v) is 14.9. The Bertz CT molecular complexity index is 857. The van der Waals surface area contributed by atoms with Gasteiger partial charge in [-0.1, -0.05) is 30.3 Å². The summed E-state index contributed by atoms with van der Waals surface area (Å²) in [5.74, 6) is -0.0170. The zero-order valence-electron chi connectivity index (χ0n) is 14.9. The molecule has 0 aromatic heterocycles. The topological polar surface area (TPSA) is 58.2 Å². The van der Waals surface area contributed by atoms with Crippen LogP contribution in [0.15, 0.2) is 36.4 Å². The van der Waals surface area contributed by atoms with Crippen molar-refractivity contribution in [3.63, 3.8) is 0 Å². The fourth-order valence-corrected chi connectivity index (χ4v) is 3.86. The Kier molecular flexibility index (Phi) is 4.85. The van der Waals surface area contributed by atoms with Crippen LogP contribution < -0.4 is 10.6 Å². The zero-order chi connectivity index (χ0) is 17.9. The van der Waals surface area contributed by atoms with Crippen molar-refractivity contribution < 1.29 is 9.59 Å². The number of nitrogens with one attached hydrogen (secondary N) is 2. The molecule has 1 amide bonds. The van der Waals surface area contributed by atoms with Crippen LogP contribution in [0.4, 0.5) is 0 Å². The van der Waals surface area contributed by atoms with E-state index < -0.39 is 0 Å². The Labute approximate surface area is 154 Å². The number of fused-ring (bicyclic) bond motifs is 2. The van der Waals surface area contributed by atoms with Crippen molar-refractivity contribution in [2.24, 2.45) is 0 Å². The highest BCUT2D eigenvalue weighted by molar-refractivity contribution is 5.98. The van der Waals surface area contributed by atoms with Gasteiger partial charge in [-0.3, -0.25) is 9.59 Å². The summed E-state index contributed by atoms with van der Waals surface area (Å²) in [5.41, 5.74) is 7.15. The van der Waals surface area contributed by atoms with E-state index in [2.05, 4.69) is 34.9 Å². The van der Waals surface area contributed by atoms with E-state index in [1.165, 1.54) is 28.7 Å². The Morgan fingerprint density at radius 2 is 1.69 bits per heavy atom. The SMILES string of the molecule is O=C(CCC(=O)c1ccc2c(c1)CCC2)NCc1ccc2c(c1)CNC2. The highest BCUT2D eigenvalue weighted by Gasteiger charge is 2.15. The van der Waals surface area contributed by atoms with Crippen LogP contribution in [0.5, 0.6) is 0 Å². The highest BCUT2D eigenvalue weighted by Crippen LogP contribution is 2.23. The molecule has 1 heterocycles. The molecule has 1 aliphatic heterocycles.